The summed E-state index contributed by atoms with van der Waals surface area (Å²) >= 11 is 0. The SMILES string of the molecule is C=C(C(=O)NC)C(C)C#N. The molecule has 0 fully saturated rings. The van der Waals surface area contributed by atoms with Crippen molar-refractivity contribution in [2.24, 2.45) is 5.92 Å². The van der Waals surface area contributed by atoms with E-state index in [-0.39, 0.29) is 5.91 Å². The Morgan fingerprint density at radius 2 is 2.30 bits per heavy atom. The minimum Gasteiger partial charge on any atom is -0.355 e. The first kappa shape index (κ1) is 8.70. The Labute approximate surface area is 60.3 Å². The van der Waals surface area contributed by atoms with Crippen molar-refractivity contribution in [1.29, 1.82) is 5.26 Å². The first-order valence-corrected chi connectivity index (χ1v) is 2.94. The highest BCUT2D eigenvalue weighted by atomic mass is 16.1. The van der Waals surface area contributed by atoms with Gasteiger partial charge < -0.3 is 5.32 Å². The second kappa shape index (κ2) is 3.67. The van der Waals surface area contributed by atoms with Gasteiger partial charge in [-0.15, -0.1) is 0 Å². The number of nitrogens with one attached hydrogen (secondary N) is 1. The van der Waals surface area contributed by atoms with Crippen LogP contribution in [0.15, 0.2) is 12.2 Å². The van der Waals surface area contributed by atoms with Crippen molar-refractivity contribution in [3.05, 3.63) is 12.2 Å². The van der Waals surface area contributed by atoms with Gasteiger partial charge in [0, 0.05) is 12.6 Å². The fraction of sp³-hybridized carbons (Fsp3) is 0.429. The van der Waals surface area contributed by atoms with E-state index in [0.717, 1.165) is 0 Å². The lowest BCUT2D eigenvalue weighted by Gasteiger charge is -2.03. The van der Waals surface area contributed by atoms with Crippen LogP contribution in [0.5, 0.6) is 0 Å². The summed E-state index contributed by atoms with van der Waals surface area (Å²) in [6.45, 7) is 5.10. The van der Waals surface area contributed by atoms with Gasteiger partial charge in [-0.2, -0.15) is 5.26 Å². The van der Waals surface area contributed by atoms with Gasteiger partial charge in [-0.1, -0.05) is 6.58 Å². The zero-order chi connectivity index (χ0) is 8.15. The molecule has 0 rings (SSSR count). The quantitative estimate of drug-likeness (QED) is 0.563. The topological polar surface area (TPSA) is 52.9 Å². The molecule has 1 N–H and O–H groups in total. The fourth-order valence-corrected chi connectivity index (χ4v) is 0.435. The summed E-state index contributed by atoms with van der Waals surface area (Å²) in [5, 5.41) is 10.7. The van der Waals surface area contributed by atoms with Gasteiger partial charge in [0.25, 0.3) is 0 Å². The number of nitriles is 1. The van der Waals surface area contributed by atoms with Crippen LogP contribution < -0.4 is 5.32 Å². The lowest BCUT2D eigenvalue weighted by molar-refractivity contribution is -0.117. The standard InChI is InChI=1S/C7H10N2O/c1-5(4-8)6(2)7(10)9-3/h5H,2H2,1,3H3,(H,9,10). The molecule has 0 aliphatic rings. The van der Waals surface area contributed by atoms with Crippen LogP contribution in [0.3, 0.4) is 0 Å². The molecule has 3 nitrogen and oxygen atoms in total. The van der Waals surface area contributed by atoms with Crippen molar-refractivity contribution in [2.75, 3.05) is 7.05 Å². The van der Waals surface area contributed by atoms with Gasteiger partial charge in [0.05, 0.1) is 12.0 Å². The smallest absolute Gasteiger partial charge is 0.247 e. The molecule has 0 spiro atoms. The number of hydrogen-bond donors (Lipinski definition) is 1. The molecule has 0 radical (unpaired) electrons. The van der Waals surface area contributed by atoms with E-state index in [0.29, 0.717) is 5.57 Å². The molecule has 0 aromatic heterocycles. The molecule has 10 heavy (non-hydrogen) atoms. The Bertz CT molecular complexity index is 190. The lowest BCUT2D eigenvalue weighted by Crippen LogP contribution is -2.22. The van der Waals surface area contributed by atoms with E-state index in [1.807, 2.05) is 6.07 Å². The Morgan fingerprint density at radius 1 is 1.80 bits per heavy atom. The first-order valence-electron chi connectivity index (χ1n) is 2.94. The Balaban J connectivity index is 4.12. The summed E-state index contributed by atoms with van der Waals surface area (Å²) in [5.41, 5.74) is 0.310. The van der Waals surface area contributed by atoms with E-state index in [1.54, 1.807) is 6.92 Å². The highest BCUT2D eigenvalue weighted by Gasteiger charge is 2.11. The van der Waals surface area contributed by atoms with Crippen molar-refractivity contribution in [1.82, 2.24) is 5.32 Å². The normalized spacial score (nSPS) is 11.3. The molecular formula is C7H10N2O. The molecule has 0 aromatic carbocycles. The molecule has 54 valence electrons. The molecule has 1 unspecified atom stereocenters. The highest BCUT2D eigenvalue weighted by molar-refractivity contribution is 5.93. The number of amides is 1. The maximum Gasteiger partial charge on any atom is 0.247 e. The lowest BCUT2D eigenvalue weighted by atomic mass is 10.0. The third kappa shape index (κ3) is 1.90. The molecule has 0 aliphatic heterocycles. The number of carbonyl (C=O) groups is 1. The molecule has 0 aromatic rings. The fourth-order valence-electron chi connectivity index (χ4n) is 0.435. The molecule has 1 atom stereocenters. The largest absolute Gasteiger partial charge is 0.355 e. The molecule has 1 amide bonds. The highest BCUT2D eigenvalue weighted by Crippen LogP contribution is 2.05. The van der Waals surface area contributed by atoms with Crippen molar-refractivity contribution < 1.29 is 4.79 Å². The third-order valence-electron chi connectivity index (χ3n) is 1.24. The number of nitrogens with zero attached hydrogens (tertiary/aromatic N) is 1. The molecule has 0 saturated heterocycles. The third-order valence-corrected chi connectivity index (χ3v) is 1.24. The van der Waals surface area contributed by atoms with Gasteiger partial charge in [-0.25, -0.2) is 0 Å². The molecule has 3 heteroatoms. The molecule has 0 saturated carbocycles. The summed E-state index contributed by atoms with van der Waals surface area (Å²) in [6.07, 6.45) is 0. The summed E-state index contributed by atoms with van der Waals surface area (Å²) in [4.78, 5) is 10.8. The minimum absolute atomic E-state index is 0.269. The predicted molar refractivity (Wildman–Crippen MR) is 38.0 cm³/mol. The summed E-state index contributed by atoms with van der Waals surface area (Å²) in [5.74, 6) is -0.672. The average Bonchev–Trinajstić information content (AvgIpc) is 2.00. The van der Waals surface area contributed by atoms with E-state index in [9.17, 15) is 4.79 Å². The van der Waals surface area contributed by atoms with Crippen LogP contribution in [0.1, 0.15) is 6.92 Å². The first-order chi connectivity index (χ1) is 4.63. The van der Waals surface area contributed by atoms with Gasteiger partial charge in [-0.05, 0) is 6.92 Å². The van der Waals surface area contributed by atoms with Crippen molar-refractivity contribution in [2.45, 2.75) is 6.92 Å². The second-order valence-corrected chi connectivity index (χ2v) is 1.96. The Hall–Kier alpha value is -1.30. The molecular weight excluding hydrogens is 128 g/mol. The van der Waals surface area contributed by atoms with Gasteiger partial charge in [0.15, 0.2) is 0 Å². The van der Waals surface area contributed by atoms with E-state index >= 15 is 0 Å². The minimum atomic E-state index is -0.403. The monoisotopic (exact) mass is 138 g/mol. The van der Waals surface area contributed by atoms with Gasteiger partial charge in [0.2, 0.25) is 5.91 Å². The van der Waals surface area contributed by atoms with E-state index < -0.39 is 5.92 Å². The zero-order valence-electron chi connectivity index (χ0n) is 6.14. The second-order valence-electron chi connectivity index (χ2n) is 1.96. The number of carbonyl (C=O) groups excluding carboxylic acids is 1. The Morgan fingerprint density at radius 3 is 2.60 bits per heavy atom. The predicted octanol–water partition coefficient (Wildman–Crippen LogP) is 0.448. The number of rotatable bonds is 2. The van der Waals surface area contributed by atoms with Crippen molar-refractivity contribution >= 4 is 5.91 Å². The van der Waals surface area contributed by atoms with E-state index in [2.05, 4.69) is 11.9 Å². The van der Waals surface area contributed by atoms with Crippen LogP contribution in [0.25, 0.3) is 0 Å². The average molecular weight is 138 g/mol. The van der Waals surface area contributed by atoms with Crippen molar-refractivity contribution in [3.8, 4) is 6.07 Å². The van der Waals surface area contributed by atoms with Crippen LogP contribution in [0.2, 0.25) is 0 Å². The maximum absolute atomic E-state index is 10.8. The number of likely N-dealkylation sites (N-methyl/N-ethyl adjacent to an activating group) is 1. The van der Waals surface area contributed by atoms with Crippen LogP contribution in [0, 0.1) is 17.2 Å². The maximum atomic E-state index is 10.8. The van der Waals surface area contributed by atoms with Crippen LogP contribution >= 0.6 is 0 Å². The number of hydrogen-bond acceptors (Lipinski definition) is 2. The molecule has 0 heterocycles. The summed E-state index contributed by atoms with van der Waals surface area (Å²) in [7, 11) is 1.51. The summed E-state index contributed by atoms with van der Waals surface area (Å²) in [6, 6.07) is 1.92. The van der Waals surface area contributed by atoms with E-state index in [1.165, 1.54) is 7.05 Å². The van der Waals surface area contributed by atoms with Gasteiger partial charge in [0.1, 0.15) is 0 Å². The van der Waals surface area contributed by atoms with E-state index in [4.69, 9.17) is 5.26 Å². The van der Waals surface area contributed by atoms with Crippen molar-refractivity contribution in [3.63, 3.8) is 0 Å². The van der Waals surface area contributed by atoms with Gasteiger partial charge >= 0.3 is 0 Å². The van der Waals surface area contributed by atoms with Crippen LogP contribution in [0.4, 0.5) is 0 Å². The Kier molecular flexibility index (Phi) is 3.20. The zero-order valence-corrected chi connectivity index (χ0v) is 6.14. The van der Waals surface area contributed by atoms with Crippen LogP contribution in [-0.4, -0.2) is 13.0 Å². The summed E-state index contributed by atoms with van der Waals surface area (Å²) < 4.78 is 0. The molecule has 0 aliphatic carbocycles. The van der Waals surface area contributed by atoms with Gasteiger partial charge in [-0.3, -0.25) is 4.79 Å². The van der Waals surface area contributed by atoms with Crippen LogP contribution in [-0.2, 0) is 4.79 Å². The molecule has 0 bridgehead atoms.